The van der Waals surface area contributed by atoms with Gasteiger partial charge in [-0.1, -0.05) is 6.92 Å². The molecule has 0 saturated carbocycles. The number of urea groups is 1. The smallest absolute Gasteiger partial charge is 0.317 e. The zero-order chi connectivity index (χ0) is 13.1. The minimum absolute atomic E-state index is 0.0373. The summed E-state index contributed by atoms with van der Waals surface area (Å²) >= 11 is 1.93. The minimum Gasteiger partial charge on any atom is -0.481 e. The van der Waals surface area contributed by atoms with Crippen molar-refractivity contribution in [2.45, 2.75) is 13.3 Å². The number of carbonyl (C=O) groups excluding carboxylic acids is 1. The lowest BCUT2D eigenvalue weighted by atomic mass is 9.99. The molecule has 0 bridgehead atoms. The summed E-state index contributed by atoms with van der Waals surface area (Å²) < 4.78 is 0. The van der Waals surface area contributed by atoms with Gasteiger partial charge in [-0.3, -0.25) is 4.79 Å². The normalized spacial score (nSPS) is 31.6. The van der Waals surface area contributed by atoms with E-state index in [1.54, 1.807) is 4.90 Å². The van der Waals surface area contributed by atoms with Gasteiger partial charge < -0.3 is 15.3 Å². The van der Waals surface area contributed by atoms with Crippen LogP contribution in [0.15, 0.2) is 0 Å². The van der Waals surface area contributed by atoms with Crippen molar-refractivity contribution < 1.29 is 14.7 Å². The Kier molecular flexibility index (Phi) is 4.37. The summed E-state index contributed by atoms with van der Waals surface area (Å²) in [4.78, 5) is 24.5. The first-order valence-electron chi connectivity index (χ1n) is 6.41. The van der Waals surface area contributed by atoms with Crippen LogP contribution in [0.1, 0.15) is 13.3 Å². The summed E-state index contributed by atoms with van der Waals surface area (Å²) in [6, 6.07) is -0.109. The van der Waals surface area contributed by atoms with Gasteiger partial charge in [0, 0.05) is 19.6 Å². The third-order valence-electron chi connectivity index (χ3n) is 3.78. The number of nitrogens with one attached hydrogen (secondary N) is 1. The van der Waals surface area contributed by atoms with E-state index in [2.05, 4.69) is 5.32 Å². The van der Waals surface area contributed by atoms with Gasteiger partial charge in [0.15, 0.2) is 0 Å². The van der Waals surface area contributed by atoms with E-state index in [4.69, 9.17) is 5.11 Å². The molecule has 102 valence electrons. The first-order chi connectivity index (χ1) is 8.58. The highest BCUT2D eigenvalue weighted by Gasteiger charge is 2.37. The lowest BCUT2D eigenvalue weighted by molar-refractivity contribution is -0.142. The molecule has 0 aromatic carbocycles. The van der Waals surface area contributed by atoms with Crippen molar-refractivity contribution in [2.75, 3.05) is 31.1 Å². The van der Waals surface area contributed by atoms with Gasteiger partial charge in [-0.2, -0.15) is 11.8 Å². The van der Waals surface area contributed by atoms with E-state index in [9.17, 15) is 9.59 Å². The molecule has 2 aliphatic rings. The third kappa shape index (κ3) is 3.10. The molecular weight excluding hydrogens is 252 g/mol. The molecule has 2 fully saturated rings. The Hall–Kier alpha value is -0.910. The lowest BCUT2D eigenvalue weighted by Gasteiger charge is -2.18. The van der Waals surface area contributed by atoms with Gasteiger partial charge in [0.2, 0.25) is 0 Å². The Bertz CT molecular complexity index is 331. The van der Waals surface area contributed by atoms with Crippen molar-refractivity contribution in [3.8, 4) is 0 Å². The topological polar surface area (TPSA) is 69.6 Å². The van der Waals surface area contributed by atoms with Gasteiger partial charge in [-0.25, -0.2) is 4.79 Å². The molecular formula is C12H20N2O3S. The van der Waals surface area contributed by atoms with Crippen LogP contribution in [0.25, 0.3) is 0 Å². The Morgan fingerprint density at radius 3 is 2.78 bits per heavy atom. The van der Waals surface area contributed by atoms with Crippen LogP contribution >= 0.6 is 11.8 Å². The molecule has 2 saturated heterocycles. The number of carboxylic acid groups (broad SMARTS) is 1. The van der Waals surface area contributed by atoms with Gasteiger partial charge in [0.1, 0.15) is 0 Å². The molecule has 0 aromatic heterocycles. The molecule has 2 rings (SSSR count). The highest BCUT2D eigenvalue weighted by Crippen LogP contribution is 2.24. The molecule has 2 N–H and O–H groups in total. The summed E-state index contributed by atoms with van der Waals surface area (Å²) in [7, 11) is 0. The molecule has 18 heavy (non-hydrogen) atoms. The second-order valence-corrected chi connectivity index (χ2v) is 6.39. The van der Waals surface area contributed by atoms with Gasteiger partial charge in [0.25, 0.3) is 0 Å². The van der Waals surface area contributed by atoms with Gasteiger partial charge in [-0.05, 0) is 29.8 Å². The molecule has 2 aliphatic heterocycles. The van der Waals surface area contributed by atoms with Crippen LogP contribution in [-0.2, 0) is 4.79 Å². The van der Waals surface area contributed by atoms with E-state index in [1.807, 2.05) is 18.7 Å². The van der Waals surface area contributed by atoms with Crippen molar-refractivity contribution in [2.24, 2.45) is 17.8 Å². The number of likely N-dealkylation sites (tertiary alicyclic amines) is 1. The summed E-state index contributed by atoms with van der Waals surface area (Å²) in [6.07, 6.45) is 1.17. The number of rotatable bonds is 3. The molecule has 6 heteroatoms. The minimum atomic E-state index is -0.801. The fraction of sp³-hybridized carbons (Fsp3) is 0.833. The van der Waals surface area contributed by atoms with Crippen molar-refractivity contribution in [3.05, 3.63) is 0 Å². The molecule has 3 unspecified atom stereocenters. The van der Waals surface area contributed by atoms with Gasteiger partial charge in [-0.15, -0.1) is 0 Å². The Labute approximate surface area is 111 Å². The Morgan fingerprint density at radius 2 is 2.22 bits per heavy atom. The van der Waals surface area contributed by atoms with Crippen LogP contribution in [0.2, 0.25) is 0 Å². The number of hydrogen-bond acceptors (Lipinski definition) is 3. The Balaban J connectivity index is 1.77. The third-order valence-corrected chi connectivity index (χ3v) is 5.01. The summed E-state index contributed by atoms with van der Waals surface area (Å²) in [5, 5.41) is 12.0. The van der Waals surface area contributed by atoms with E-state index in [-0.39, 0.29) is 11.9 Å². The number of thioether (sulfide) groups is 1. The maximum atomic E-state index is 11.9. The SMILES string of the molecule is CC1CN(C(=O)NCC2CCSC2)CC1C(=O)O. The van der Waals surface area contributed by atoms with Crippen molar-refractivity contribution in [1.29, 1.82) is 0 Å². The average molecular weight is 272 g/mol. The molecule has 0 aromatic rings. The van der Waals surface area contributed by atoms with Crippen LogP contribution in [0.5, 0.6) is 0 Å². The van der Waals surface area contributed by atoms with Crippen molar-refractivity contribution in [1.82, 2.24) is 10.2 Å². The number of carboxylic acids is 1. The van der Waals surface area contributed by atoms with Crippen LogP contribution in [0.3, 0.4) is 0 Å². The molecule has 0 radical (unpaired) electrons. The number of nitrogens with zero attached hydrogens (tertiary/aromatic N) is 1. The molecule has 3 atom stereocenters. The highest BCUT2D eigenvalue weighted by atomic mass is 32.2. The van der Waals surface area contributed by atoms with Crippen molar-refractivity contribution >= 4 is 23.8 Å². The second-order valence-electron chi connectivity index (χ2n) is 5.24. The molecule has 0 aliphatic carbocycles. The quantitative estimate of drug-likeness (QED) is 0.807. The van der Waals surface area contributed by atoms with E-state index in [1.165, 1.54) is 12.2 Å². The largest absolute Gasteiger partial charge is 0.481 e. The summed E-state index contributed by atoms with van der Waals surface area (Å²) in [6.45, 7) is 3.48. The van der Waals surface area contributed by atoms with Crippen molar-refractivity contribution in [3.63, 3.8) is 0 Å². The summed E-state index contributed by atoms with van der Waals surface area (Å²) in [5.74, 6) is 1.70. The molecule has 5 nitrogen and oxygen atoms in total. The maximum absolute atomic E-state index is 11.9. The Morgan fingerprint density at radius 1 is 1.44 bits per heavy atom. The monoisotopic (exact) mass is 272 g/mol. The van der Waals surface area contributed by atoms with Crippen LogP contribution in [0.4, 0.5) is 4.79 Å². The molecule has 0 spiro atoms. The first kappa shape index (κ1) is 13.5. The fourth-order valence-electron chi connectivity index (χ4n) is 2.54. The van der Waals surface area contributed by atoms with Crippen LogP contribution in [-0.4, -0.2) is 53.1 Å². The van der Waals surface area contributed by atoms with Gasteiger partial charge >= 0.3 is 12.0 Å². The second kappa shape index (κ2) is 5.82. The van der Waals surface area contributed by atoms with E-state index in [0.29, 0.717) is 25.6 Å². The first-order valence-corrected chi connectivity index (χ1v) is 7.56. The van der Waals surface area contributed by atoms with E-state index >= 15 is 0 Å². The number of hydrogen-bond donors (Lipinski definition) is 2. The van der Waals surface area contributed by atoms with E-state index < -0.39 is 11.9 Å². The zero-order valence-electron chi connectivity index (χ0n) is 10.6. The number of carbonyl (C=O) groups is 2. The zero-order valence-corrected chi connectivity index (χ0v) is 11.4. The summed E-state index contributed by atoms with van der Waals surface area (Å²) in [5.41, 5.74) is 0. The fourth-order valence-corrected chi connectivity index (χ4v) is 3.83. The number of amides is 2. The average Bonchev–Trinajstić information content (AvgIpc) is 2.94. The molecule has 2 amide bonds. The predicted molar refractivity (Wildman–Crippen MR) is 70.7 cm³/mol. The molecule has 2 heterocycles. The van der Waals surface area contributed by atoms with Crippen LogP contribution in [0, 0.1) is 17.8 Å². The lowest BCUT2D eigenvalue weighted by Crippen LogP contribution is -2.41. The predicted octanol–water partition coefficient (Wildman–Crippen LogP) is 1.10. The maximum Gasteiger partial charge on any atom is 0.317 e. The number of aliphatic carboxylic acids is 1. The van der Waals surface area contributed by atoms with Crippen LogP contribution < -0.4 is 5.32 Å². The van der Waals surface area contributed by atoms with Gasteiger partial charge in [0.05, 0.1) is 5.92 Å². The van der Waals surface area contributed by atoms with E-state index in [0.717, 1.165) is 5.75 Å². The highest BCUT2D eigenvalue weighted by molar-refractivity contribution is 7.99. The standard InChI is InChI=1S/C12H20N2O3S/c1-8-5-14(6-10(8)11(15)16)12(17)13-4-9-2-3-18-7-9/h8-10H,2-7H2,1H3,(H,13,17)(H,15,16).